The van der Waals surface area contributed by atoms with Crippen molar-refractivity contribution in [2.75, 3.05) is 18.5 Å². The molecule has 130 valence electrons. The molecule has 1 aromatic rings. The summed E-state index contributed by atoms with van der Waals surface area (Å²) in [7, 11) is 0. The largest absolute Gasteiger partial charge is 0.477 e. The third-order valence-electron chi connectivity index (χ3n) is 3.70. The molecule has 1 atom stereocenters. The molecule has 1 N–H and O–H groups in total. The highest BCUT2D eigenvalue weighted by Gasteiger charge is 2.33. The number of ether oxygens (including phenoxy) is 2. The highest BCUT2D eigenvalue weighted by atomic mass is 16.5. The zero-order chi connectivity index (χ0) is 17.3. The van der Waals surface area contributed by atoms with Crippen LogP contribution in [0.5, 0.6) is 5.88 Å². The Bertz CT molecular complexity index is 497. The van der Waals surface area contributed by atoms with E-state index in [1.807, 2.05) is 33.8 Å². The highest BCUT2D eigenvalue weighted by Crippen LogP contribution is 2.23. The van der Waals surface area contributed by atoms with Gasteiger partial charge in [0.1, 0.15) is 5.60 Å². The maximum Gasteiger partial charge on any atom is 0.256 e. The molecule has 0 bridgehead atoms. The second-order valence-corrected chi connectivity index (χ2v) is 5.92. The fourth-order valence-corrected chi connectivity index (χ4v) is 2.41. The fraction of sp³-hybridized carbons (Fsp3) is 0.667. The summed E-state index contributed by atoms with van der Waals surface area (Å²) in [6, 6.07) is 1.88. The number of carbonyl (C=O) groups is 1. The molecule has 0 radical (unpaired) electrons. The standard InChI is InChI=1S/C18H30N2O3/c1-6-9-11-22-16-14(4)12-15(13-19-16)20-17(21)18(5,10-7-2)23-8-3/h12-13H,6-11H2,1-5H3,(H,20,21)/t18-/m1/s1. The Labute approximate surface area is 139 Å². The third-order valence-corrected chi connectivity index (χ3v) is 3.70. The first-order chi connectivity index (χ1) is 11.0. The van der Waals surface area contributed by atoms with Crippen molar-refractivity contribution in [1.82, 2.24) is 4.98 Å². The molecular formula is C18H30N2O3. The van der Waals surface area contributed by atoms with E-state index in [4.69, 9.17) is 9.47 Å². The van der Waals surface area contributed by atoms with Gasteiger partial charge in [0.2, 0.25) is 5.88 Å². The van der Waals surface area contributed by atoms with Gasteiger partial charge in [-0.1, -0.05) is 26.7 Å². The topological polar surface area (TPSA) is 60.5 Å². The first kappa shape index (κ1) is 19.4. The van der Waals surface area contributed by atoms with Crippen molar-refractivity contribution in [3.05, 3.63) is 17.8 Å². The molecule has 0 saturated carbocycles. The second kappa shape index (κ2) is 9.50. The van der Waals surface area contributed by atoms with Crippen LogP contribution in [0.2, 0.25) is 0 Å². The molecule has 1 aromatic heterocycles. The van der Waals surface area contributed by atoms with Crippen LogP contribution in [-0.2, 0) is 9.53 Å². The van der Waals surface area contributed by atoms with E-state index in [9.17, 15) is 4.79 Å². The van der Waals surface area contributed by atoms with Gasteiger partial charge in [0, 0.05) is 12.2 Å². The number of rotatable bonds is 10. The minimum atomic E-state index is -0.812. The van der Waals surface area contributed by atoms with Crippen LogP contribution in [0.25, 0.3) is 0 Å². The van der Waals surface area contributed by atoms with Crippen molar-refractivity contribution < 1.29 is 14.3 Å². The average Bonchev–Trinajstić information content (AvgIpc) is 2.50. The summed E-state index contributed by atoms with van der Waals surface area (Å²) in [5.41, 5.74) is 0.762. The third kappa shape index (κ3) is 5.82. The van der Waals surface area contributed by atoms with Crippen LogP contribution >= 0.6 is 0 Å². The molecule has 0 spiro atoms. The molecule has 0 aliphatic heterocycles. The summed E-state index contributed by atoms with van der Waals surface area (Å²) in [6.45, 7) is 11.0. The van der Waals surface area contributed by atoms with Crippen molar-refractivity contribution in [2.24, 2.45) is 0 Å². The van der Waals surface area contributed by atoms with Crippen LogP contribution in [0, 0.1) is 6.92 Å². The molecule has 1 amide bonds. The minimum absolute atomic E-state index is 0.137. The molecule has 0 aliphatic carbocycles. The van der Waals surface area contributed by atoms with Gasteiger partial charge in [-0.3, -0.25) is 4.79 Å². The number of pyridine rings is 1. The maximum absolute atomic E-state index is 12.5. The Hall–Kier alpha value is -1.62. The lowest BCUT2D eigenvalue weighted by molar-refractivity contribution is -0.139. The van der Waals surface area contributed by atoms with Gasteiger partial charge < -0.3 is 14.8 Å². The number of nitrogens with one attached hydrogen (secondary N) is 1. The number of carbonyl (C=O) groups excluding carboxylic acids is 1. The van der Waals surface area contributed by atoms with E-state index >= 15 is 0 Å². The predicted octanol–water partition coefficient (Wildman–Crippen LogP) is 4.10. The second-order valence-electron chi connectivity index (χ2n) is 5.92. The van der Waals surface area contributed by atoms with Gasteiger partial charge in [0.05, 0.1) is 18.5 Å². The number of nitrogens with zero attached hydrogens (tertiary/aromatic N) is 1. The smallest absolute Gasteiger partial charge is 0.256 e. The monoisotopic (exact) mass is 322 g/mol. The Morgan fingerprint density at radius 3 is 2.61 bits per heavy atom. The van der Waals surface area contributed by atoms with Gasteiger partial charge in [0.15, 0.2) is 0 Å². The van der Waals surface area contributed by atoms with Crippen LogP contribution < -0.4 is 10.1 Å². The minimum Gasteiger partial charge on any atom is -0.477 e. The first-order valence-electron chi connectivity index (χ1n) is 8.51. The number of anilines is 1. The van der Waals surface area contributed by atoms with Crippen molar-refractivity contribution in [3.8, 4) is 5.88 Å². The molecule has 1 heterocycles. The Morgan fingerprint density at radius 2 is 2.04 bits per heavy atom. The molecule has 0 fully saturated rings. The van der Waals surface area contributed by atoms with Crippen LogP contribution in [0.1, 0.15) is 58.9 Å². The molecule has 0 aromatic carbocycles. The predicted molar refractivity (Wildman–Crippen MR) is 92.9 cm³/mol. The first-order valence-corrected chi connectivity index (χ1v) is 8.51. The molecular weight excluding hydrogens is 292 g/mol. The molecule has 1 rings (SSSR count). The Kier molecular flexibility index (Phi) is 8.03. The van der Waals surface area contributed by atoms with Crippen molar-refractivity contribution in [2.45, 2.75) is 65.9 Å². The van der Waals surface area contributed by atoms with E-state index in [2.05, 4.69) is 17.2 Å². The molecule has 5 nitrogen and oxygen atoms in total. The lowest BCUT2D eigenvalue weighted by Gasteiger charge is -2.27. The maximum atomic E-state index is 12.5. The summed E-state index contributed by atoms with van der Waals surface area (Å²) in [6.07, 6.45) is 5.27. The fourth-order valence-electron chi connectivity index (χ4n) is 2.41. The van der Waals surface area contributed by atoms with Gasteiger partial charge >= 0.3 is 0 Å². The zero-order valence-electron chi connectivity index (χ0n) is 15.1. The molecule has 5 heteroatoms. The lowest BCUT2D eigenvalue weighted by Crippen LogP contribution is -2.42. The van der Waals surface area contributed by atoms with Crippen LogP contribution in [0.15, 0.2) is 12.3 Å². The summed E-state index contributed by atoms with van der Waals surface area (Å²) < 4.78 is 11.3. The molecule has 23 heavy (non-hydrogen) atoms. The highest BCUT2D eigenvalue weighted by molar-refractivity contribution is 5.97. The summed E-state index contributed by atoms with van der Waals surface area (Å²) >= 11 is 0. The SMILES string of the molecule is CCCCOc1ncc(NC(=O)[C@@](C)(CCC)OCC)cc1C. The van der Waals surface area contributed by atoms with Gasteiger partial charge in [0.25, 0.3) is 5.91 Å². The number of aromatic nitrogens is 1. The van der Waals surface area contributed by atoms with Gasteiger partial charge in [-0.25, -0.2) is 4.98 Å². The van der Waals surface area contributed by atoms with E-state index in [1.165, 1.54) is 0 Å². The molecule has 0 saturated heterocycles. The van der Waals surface area contributed by atoms with E-state index in [0.717, 1.165) is 24.8 Å². The van der Waals surface area contributed by atoms with E-state index in [0.29, 0.717) is 31.2 Å². The molecule has 0 unspecified atom stereocenters. The lowest BCUT2D eigenvalue weighted by atomic mass is 9.99. The van der Waals surface area contributed by atoms with E-state index < -0.39 is 5.60 Å². The number of aryl methyl sites for hydroxylation is 1. The number of hydrogen-bond acceptors (Lipinski definition) is 4. The van der Waals surface area contributed by atoms with Gasteiger partial charge in [-0.05, 0) is 39.7 Å². The number of amides is 1. The normalized spacial score (nSPS) is 13.4. The van der Waals surface area contributed by atoms with Crippen molar-refractivity contribution in [3.63, 3.8) is 0 Å². The van der Waals surface area contributed by atoms with Crippen LogP contribution in [0.3, 0.4) is 0 Å². The van der Waals surface area contributed by atoms with E-state index in [1.54, 1.807) is 6.20 Å². The van der Waals surface area contributed by atoms with Gasteiger partial charge in [-0.2, -0.15) is 0 Å². The zero-order valence-corrected chi connectivity index (χ0v) is 15.1. The summed E-state index contributed by atoms with van der Waals surface area (Å²) in [4.78, 5) is 16.8. The Balaban J connectivity index is 2.76. The number of unbranched alkanes of at least 4 members (excludes halogenated alkanes) is 1. The summed E-state index contributed by atoms with van der Waals surface area (Å²) in [5.74, 6) is 0.486. The van der Waals surface area contributed by atoms with Crippen LogP contribution in [-0.4, -0.2) is 29.7 Å². The number of hydrogen-bond donors (Lipinski definition) is 1. The summed E-state index contributed by atoms with van der Waals surface area (Å²) in [5, 5.41) is 2.91. The molecule has 0 aliphatic rings. The van der Waals surface area contributed by atoms with Gasteiger partial charge in [-0.15, -0.1) is 0 Å². The van der Waals surface area contributed by atoms with E-state index in [-0.39, 0.29) is 5.91 Å². The quantitative estimate of drug-likeness (QED) is 0.659. The van der Waals surface area contributed by atoms with Crippen molar-refractivity contribution >= 4 is 11.6 Å². The average molecular weight is 322 g/mol. The van der Waals surface area contributed by atoms with Crippen LogP contribution in [0.4, 0.5) is 5.69 Å². The Morgan fingerprint density at radius 1 is 1.30 bits per heavy atom. The van der Waals surface area contributed by atoms with Crippen molar-refractivity contribution in [1.29, 1.82) is 0 Å².